The van der Waals surface area contributed by atoms with E-state index in [1.54, 1.807) is 43.0 Å². The molecule has 0 saturated heterocycles. The third kappa shape index (κ3) is 4.17. The van der Waals surface area contributed by atoms with Crippen LogP contribution in [0.25, 0.3) is 11.2 Å². The Morgan fingerprint density at radius 1 is 1.18 bits per heavy atom. The van der Waals surface area contributed by atoms with Crippen LogP contribution in [0, 0.1) is 0 Å². The lowest BCUT2D eigenvalue weighted by Gasteiger charge is -2.08. The van der Waals surface area contributed by atoms with Gasteiger partial charge in [0.2, 0.25) is 15.5 Å². The van der Waals surface area contributed by atoms with E-state index in [0.29, 0.717) is 35.3 Å². The van der Waals surface area contributed by atoms with Gasteiger partial charge in [-0.05, 0) is 18.2 Å². The van der Waals surface area contributed by atoms with Gasteiger partial charge in [0, 0.05) is 18.1 Å². The fourth-order valence-corrected chi connectivity index (χ4v) is 3.18. The molecule has 0 saturated carbocycles. The molecular weight excluding hydrogens is 382 g/mol. The molecule has 6 N–H and O–H groups in total. The molecule has 11 nitrogen and oxygen atoms in total. The summed E-state index contributed by atoms with van der Waals surface area (Å²) in [6.07, 6.45) is 6.19. The predicted octanol–water partition coefficient (Wildman–Crippen LogP) is 1.22. The van der Waals surface area contributed by atoms with Crippen molar-refractivity contribution in [2.24, 2.45) is 0 Å². The van der Waals surface area contributed by atoms with Crippen LogP contribution in [0.1, 0.15) is 5.82 Å². The Labute approximate surface area is 160 Å². The first kappa shape index (κ1) is 17.7. The molecule has 3 aromatic heterocycles. The van der Waals surface area contributed by atoms with Crippen molar-refractivity contribution in [2.45, 2.75) is 6.54 Å². The number of H-pyrrole nitrogens is 3. The number of rotatable bonds is 7. The molecule has 0 aliphatic rings. The first-order valence-electron chi connectivity index (χ1n) is 8.30. The Morgan fingerprint density at radius 3 is 2.82 bits per heavy atom. The van der Waals surface area contributed by atoms with Crippen LogP contribution in [0.4, 0.5) is 23.1 Å². The molecule has 12 heteroatoms. The summed E-state index contributed by atoms with van der Waals surface area (Å²) < 4.78 is 25.3. The summed E-state index contributed by atoms with van der Waals surface area (Å²) in [5.74, 6) is 1.72. The fraction of sp³-hybridized carbons (Fsp3) is 0.125. The van der Waals surface area contributed by atoms with Crippen LogP contribution < -0.4 is 20.3 Å². The van der Waals surface area contributed by atoms with E-state index < -0.39 is 10.0 Å². The Kier molecular flexibility index (Phi) is 4.53. The molecule has 3 heterocycles. The molecule has 0 bridgehead atoms. The molecule has 0 aliphatic heterocycles. The van der Waals surface area contributed by atoms with Crippen molar-refractivity contribution in [1.29, 1.82) is 0 Å². The zero-order valence-corrected chi connectivity index (χ0v) is 15.6. The molecule has 4 aromatic rings. The number of aromatic nitrogens is 6. The van der Waals surface area contributed by atoms with Crippen LogP contribution in [-0.4, -0.2) is 39.6 Å². The van der Waals surface area contributed by atoms with Crippen molar-refractivity contribution in [3.05, 3.63) is 48.8 Å². The van der Waals surface area contributed by atoms with E-state index in [-0.39, 0.29) is 0 Å². The number of anilines is 4. The summed E-state index contributed by atoms with van der Waals surface area (Å²) in [7, 11) is -3.36. The number of imidazole rings is 2. The number of aromatic amines is 3. The summed E-state index contributed by atoms with van der Waals surface area (Å²) in [6, 6.07) is 6.84. The van der Waals surface area contributed by atoms with Gasteiger partial charge in [-0.15, -0.1) is 0 Å². The number of benzene rings is 1. The van der Waals surface area contributed by atoms with E-state index in [2.05, 4.69) is 45.3 Å². The Balaban J connectivity index is 1.59. The number of hydrogen-bond donors (Lipinski definition) is 5. The van der Waals surface area contributed by atoms with Crippen LogP contribution >= 0.6 is 0 Å². The normalized spacial score (nSPS) is 11.5. The number of fused-ring (bicyclic) bond motifs is 1. The van der Waals surface area contributed by atoms with Crippen LogP contribution in [0.3, 0.4) is 0 Å². The monoisotopic (exact) mass is 400 g/mol. The van der Waals surface area contributed by atoms with Gasteiger partial charge < -0.3 is 15.6 Å². The second-order valence-corrected chi connectivity index (χ2v) is 7.77. The van der Waals surface area contributed by atoms with Gasteiger partial charge in [-0.1, -0.05) is 11.1 Å². The van der Waals surface area contributed by atoms with Crippen molar-refractivity contribution < 1.29 is 13.4 Å². The Bertz CT molecular complexity index is 1200. The minimum Gasteiger partial charge on any atom is -0.360 e. The second-order valence-electron chi connectivity index (χ2n) is 6.02. The molecule has 28 heavy (non-hydrogen) atoms. The molecule has 0 amide bonds. The molecule has 0 fully saturated rings. The molecular formula is C16H18N9O2S+. The van der Waals surface area contributed by atoms with Gasteiger partial charge in [-0.2, -0.15) is 4.98 Å². The fourth-order valence-electron chi connectivity index (χ4n) is 2.63. The van der Waals surface area contributed by atoms with Gasteiger partial charge in [0.05, 0.1) is 18.5 Å². The first-order valence-corrected chi connectivity index (χ1v) is 10.2. The largest absolute Gasteiger partial charge is 0.360 e. The van der Waals surface area contributed by atoms with Crippen LogP contribution in [-0.2, 0) is 16.6 Å². The molecule has 0 atom stereocenters. The maximum absolute atomic E-state index is 11.4. The summed E-state index contributed by atoms with van der Waals surface area (Å²) >= 11 is 0. The molecule has 0 spiro atoms. The predicted molar refractivity (Wildman–Crippen MR) is 105 cm³/mol. The number of hydrogen-bond acceptors (Lipinski definition) is 7. The molecule has 4 rings (SSSR count). The quantitative estimate of drug-likeness (QED) is 0.312. The summed E-state index contributed by atoms with van der Waals surface area (Å²) in [6.45, 7) is 0.464. The van der Waals surface area contributed by atoms with E-state index in [1.807, 2.05) is 0 Å². The third-order valence-electron chi connectivity index (χ3n) is 3.73. The third-order valence-corrected chi connectivity index (χ3v) is 4.34. The van der Waals surface area contributed by atoms with Gasteiger partial charge in [0.25, 0.3) is 0 Å². The average molecular weight is 400 g/mol. The van der Waals surface area contributed by atoms with E-state index in [1.165, 1.54) is 0 Å². The summed E-state index contributed by atoms with van der Waals surface area (Å²) in [5, 5.41) is 6.31. The SMILES string of the molecule is CS(=O)(=O)Nc1cccc(Nc2nc(NCc3ncc[nH]3)c3[nH]c[nH+]c3n2)c1. The van der Waals surface area contributed by atoms with E-state index >= 15 is 0 Å². The highest BCUT2D eigenvalue weighted by Crippen LogP contribution is 2.22. The van der Waals surface area contributed by atoms with E-state index in [0.717, 1.165) is 17.6 Å². The minimum absolute atomic E-state index is 0.349. The first-order chi connectivity index (χ1) is 13.5. The van der Waals surface area contributed by atoms with Crippen molar-refractivity contribution in [3.8, 4) is 0 Å². The number of sulfonamides is 1. The lowest BCUT2D eigenvalue weighted by atomic mass is 10.3. The maximum Gasteiger partial charge on any atom is 0.307 e. The lowest BCUT2D eigenvalue weighted by Crippen LogP contribution is -2.10. The summed E-state index contributed by atoms with van der Waals surface area (Å²) in [5.41, 5.74) is 2.42. The van der Waals surface area contributed by atoms with Crippen molar-refractivity contribution in [1.82, 2.24) is 24.9 Å². The topological polar surface area (TPSA) is 155 Å². The second kappa shape index (κ2) is 7.15. The maximum atomic E-state index is 11.4. The molecule has 144 valence electrons. The average Bonchev–Trinajstić information content (AvgIpc) is 3.30. The summed E-state index contributed by atoms with van der Waals surface area (Å²) in [4.78, 5) is 22.2. The number of nitrogens with one attached hydrogen (secondary N) is 6. The highest BCUT2D eigenvalue weighted by molar-refractivity contribution is 7.92. The standard InChI is InChI=1S/C16H17N9O2S/c1-28(26,27)25-11-4-2-3-10(7-11)22-16-23-14(13-15(24-16)21-9-20-13)19-8-12-17-5-6-18-12/h2-7,9,25H,8H2,1H3,(H,17,18)(H3,19,20,21,22,23,24)/p+1. The Morgan fingerprint density at radius 2 is 2.04 bits per heavy atom. The highest BCUT2D eigenvalue weighted by Gasteiger charge is 2.16. The number of nitrogens with zero attached hydrogens (tertiary/aromatic N) is 3. The van der Waals surface area contributed by atoms with Crippen molar-refractivity contribution in [2.75, 3.05) is 21.6 Å². The minimum atomic E-state index is -3.36. The van der Waals surface area contributed by atoms with Crippen LogP contribution in [0.15, 0.2) is 43.0 Å². The zero-order valence-electron chi connectivity index (χ0n) is 14.8. The van der Waals surface area contributed by atoms with Crippen LogP contribution in [0.5, 0.6) is 0 Å². The molecule has 0 aliphatic carbocycles. The lowest BCUT2D eigenvalue weighted by molar-refractivity contribution is -0.347. The van der Waals surface area contributed by atoms with E-state index in [9.17, 15) is 8.42 Å². The molecule has 1 aromatic carbocycles. The van der Waals surface area contributed by atoms with Crippen molar-refractivity contribution in [3.63, 3.8) is 0 Å². The highest BCUT2D eigenvalue weighted by atomic mass is 32.2. The van der Waals surface area contributed by atoms with Gasteiger partial charge >= 0.3 is 11.6 Å². The van der Waals surface area contributed by atoms with Gasteiger partial charge in [-0.25, -0.2) is 18.4 Å². The molecule has 0 radical (unpaired) electrons. The van der Waals surface area contributed by atoms with Crippen LogP contribution in [0.2, 0.25) is 0 Å². The smallest absolute Gasteiger partial charge is 0.307 e. The Hall–Kier alpha value is -3.67. The van der Waals surface area contributed by atoms with E-state index in [4.69, 9.17) is 0 Å². The van der Waals surface area contributed by atoms with Crippen molar-refractivity contribution >= 4 is 44.3 Å². The van der Waals surface area contributed by atoms with Gasteiger partial charge in [-0.3, -0.25) is 9.71 Å². The zero-order chi connectivity index (χ0) is 19.6. The van der Waals surface area contributed by atoms with Gasteiger partial charge in [0.15, 0.2) is 12.1 Å². The van der Waals surface area contributed by atoms with Gasteiger partial charge in [0.1, 0.15) is 5.82 Å². The molecule has 0 unspecified atom stereocenters.